The van der Waals surface area contributed by atoms with Gasteiger partial charge in [0.1, 0.15) is 18.0 Å². The summed E-state index contributed by atoms with van der Waals surface area (Å²) in [7, 11) is 4.42. The van der Waals surface area contributed by atoms with Gasteiger partial charge < -0.3 is 23.8 Å². The van der Waals surface area contributed by atoms with Crippen LogP contribution in [0.4, 0.5) is 5.69 Å². The lowest BCUT2D eigenvalue weighted by Crippen LogP contribution is -2.35. The number of carbonyl (C=O) groups is 2. The van der Waals surface area contributed by atoms with E-state index >= 15 is 0 Å². The van der Waals surface area contributed by atoms with E-state index in [2.05, 4.69) is 22.6 Å². The fraction of sp³-hybridized carbons (Fsp3) is 0.261. The van der Waals surface area contributed by atoms with Crippen LogP contribution in [0.5, 0.6) is 17.2 Å². The van der Waals surface area contributed by atoms with Gasteiger partial charge in [-0.3, -0.25) is 14.5 Å². The Morgan fingerprint density at radius 2 is 1.82 bits per heavy atom. The lowest BCUT2D eigenvalue weighted by atomic mass is 10.1. The Bertz CT molecular complexity index is 1100. The first-order valence-corrected chi connectivity index (χ1v) is 11.4. The third-order valence-electron chi connectivity index (χ3n) is 4.82. The quantitative estimate of drug-likeness (QED) is 0.201. The van der Waals surface area contributed by atoms with Gasteiger partial charge in [-0.1, -0.05) is 0 Å². The maximum atomic E-state index is 13.5. The first-order chi connectivity index (χ1) is 15.8. The number of hydrogen-bond donors (Lipinski definition) is 0. The van der Waals surface area contributed by atoms with Crippen LogP contribution in [0.3, 0.4) is 0 Å². The summed E-state index contributed by atoms with van der Waals surface area (Å²) in [6.07, 6.45) is 1.67. The van der Waals surface area contributed by atoms with Crippen LogP contribution in [0.2, 0.25) is 0 Å². The number of benzene rings is 2. The van der Waals surface area contributed by atoms with Crippen molar-refractivity contribution in [1.82, 2.24) is 4.90 Å². The van der Waals surface area contributed by atoms with Crippen LogP contribution < -0.4 is 19.1 Å². The summed E-state index contributed by atoms with van der Waals surface area (Å²) in [6.45, 7) is 2.13. The van der Waals surface area contributed by atoms with Crippen molar-refractivity contribution in [3.63, 3.8) is 0 Å². The van der Waals surface area contributed by atoms with Crippen molar-refractivity contribution < 1.29 is 28.5 Å². The van der Waals surface area contributed by atoms with Crippen molar-refractivity contribution in [2.24, 2.45) is 0 Å². The van der Waals surface area contributed by atoms with Crippen molar-refractivity contribution in [1.29, 1.82) is 0 Å². The Balaban J connectivity index is 2.08. The monoisotopic (exact) mass is 582 g/mol. The van der Waals surface area contributed by atoms with Crippen LogP contribution >= 0.6 is 34.8 Å². The van der Waals surface area contributed by atoms with Gasteiger partial charge in [0.15, 0.2) is 16.6 Å². The number of ether oxygens (including phenoxy) is 4. The molecular weight excluding hydrogens is 559 g/mol. The molecule has 0 aromatic heterocycles. The molecule has 0 atom stereocenters. The standard InChI is InChI=1S/C23H23IN2O6S/c1-5-32-19-12-14(10-17(24)21(19)31-4)11-18-22(28)26(15-6-8-16(29-2)9-7-15)23(33)25(18)13-20(27)30-3/h6-12H,5,13H2,1-4H3/b18-11-. The van der Waals surface area contributed by atoms with E-state index in [4.69, 9.17) is 31.2 Å². The van der Waals surface area contributed by atoms with Gasteiger partial charge in [0.2, 0.25) is 0 Å². The van der Waals surface area contributed by atoms with Crippen molar-refractivity contribution in [2.45, 2.75) is 6.92 Å². The molecule has 0 spiro atoms. The second-order valence-corrected chi connectivity index (χ2v) is 8.31. The number of methoxy groups -OCH3 is 3. The Morgan fingerprint density at radius 1 is 1.12 bits per heavy atom. The SMILES string of the molecule is CCOc1cc(/C=C2/C(=O)N(c3ccc(OC)cc3)C(=S)N2CC(=O)OC)cc(I)c1OC. The van der Waals surface area contributed by atoms with Crippen LogP contribution in [0.15, 0.2) is 42.1 Å². The summed E-state index contributed by atoms with van der Waals surface area (Å²) in [5, 5.41) is 0.176. The van der Waals surface area contributed by atoms with Gasteiger partial charge in [0, 0.05) is 0 Å². The van der Waals surface area contributed by atoms with Crippen molar-refractivity contribution in [2.75, 3.05) is 39.4 Å². The molecule has 1 aliphatic heterocycles. The first kappa shape index (κ1) is 24.8. The molecule has 33 heavy (non-hydrogen) atoms. The number of nitrogens with zero attached hydrogens (tertiary/aromatic N) is 2. The zero-order chi connectivity index (χ0) is 24.1. The average Bonchev–Trinajstić information content (AvgIpc) is 3.03. The zero-order valence-corrected chi connectivity index (χ0v) is 21.6. The number of thiocarbonyl (C=S) groups is 1. The highest BCUT2D eigenvalue weighted by molar-refractivity contribution is 14.1. The van der Waals surface area contributed by atoms with Crippen LogP contribution in [-0.4, -0.2) is 56.4 Å². The number of hydrogen-bond acceptors (Lipinski definition) is 7. The van der Waals surface area contributed by atoms with Crippen LogP contribution in [0.25, 0.3) is 6.08 Å². The second kappa shape index (κ2) is 10.8. The van der Waals surface area contributed by atoms with Gasteiger partial charge in [-0.25, -0.2) is 0 Å². The molecule has 174 valence electrons. The third kappa shape index (κ3) is 5.22. The molecule has 8 nitrogen and oxygen atoms in total. The third-order valence-corrected chi connectivity index (χ3v) is 6.02. The van der Waals surface area contributed by atoms with Gasteiger partial charge in [-0.15, -0.1) is 0 Å². The highest BCUT2D eigenvalue weighted by Crippen LogP contribution is 2.36. The summed E-state index contributed by atoms with van der Waals surface area (Å²) < 4.78 is 22.0. The Labute approximate surface area is 211 Å². The van der Waals surface area contributed by atoms with Crippen LogP contribution in [-0.2, 0) is 14.3 Å². The Kier molecular flexibility index (Phi) is 8.14. The number of esters is 1. The zero-order valence-electron chi connectivity index (χ0n) is 18.6. The minimum Gasteiger partial charge on any atom is -0.497 e. The highest BCUT2D eigenvalue weighted by atomic mass is 127. The lowest BCUT2D eigenvalue weighted by Gasteiger charge is -2.19. The summed E-state index contributed by atoms with van der Waals surface area (Å²) in [5.74, 6) is 0.928. The molecule has 0 unspecified atom stereocenters. The maximum absolute atomic E-state index is 13.5. The van der Waals surface area contributed by atoms with Crippen molar-refractivity contribution in [3.05, 3.63) is 51.2 Å². The molecule has 3 rings (SSSR count). The normalized spacial score (nSPS) is 14.6. The lowest BCUT2D eigenvalue weighted by molar-refractivity contribution is -0.140. The number of amides is 1. The van der Waals surface area contributed by atoms with E-state index in [0.29, 0.717) is 35.1 Å². The van der Waals surface area contributed by atoms with E-state index < -0.39 is 5.97 Å². The molecule has 0 radical (unpaired) electrons. The molecule has 1 amide bonds. The topological polar surface area (TPSA) is 77.5 Å². The molecular formula is C23H23IN2O6S. The highest BCUT2D eigenvalue weighted by Gasteiger charge is 2.40. The summed E-state index contributed by atoms with van der Waals surface area (Å²) >= 11 is 7.72. The average molecular weight is 582 g/mol. The van der Waals surface area contributed by atoms with E-state index in [1.807, 2.05) is 13.0 Å². The van der Waals surface area contributed by atoms with Gasteiger partial charge in [-0.2, -0.15) is 0 Å². The predicted molar refractivity (Wildman–Crippen MR) is 137 cm³/mol. The van der Waals surface area contributed by atoms with Gasteiger partial charge >= 0.3 is 5.97 Å². The number of anilines is 1. The van der Waals surface area contributed by atoms with Gasteiger partial charge in [0.25, 0.3) is 5.91 Å². The minimum absolute atomic E-state index is 0.176. The summed E-state index contributed by atoms with van der Waals surface area (Å²) in [4.78, 5) is 28.4. The number of halogens is 1. The molecule has 2 aromatic rings. The van der Waals surface area contributed by atoms with E-state index in [0.717, 1.165) is 3.57 Å². The molecule has 10 heteroatoms. The van der Waals surface area contributed by atoms with Crippen LogP contribution in [0, 0.1) is 3.57 Å². The summed E-state index contributed by atoms with van der Waals surface area (Å²) in [6, 6.07) is 10.6. The van der Waals surface area contributed by atoms with Gasteiger partial charge in [-0.05, 0) is 89.8 Å². The predicted octanol–water partition coefficient (Wildman–Crippen LogP) is 3.85. The van der Waals surface area contributed by atoms with E-state index in [1.54, 1.807) is 50.6 Å². The van der Waals surface area contributed by atoms with E-state index in [9.17, 15) is 9.59 Å². The Morgan fingerprint density at radius 3 is 2.39 bits per heavy atom. The van der Waals surface area contributed by atoms with E-state index in [-0.39, 0.29) is 23.3 Å². The van der Waals surface area contributed by atoms with E-state index in [1.165, 1.54) is 16.9 Å². The molecule has 1 saturated heterocycles. The smallest absolute Gasteiger partial charge is 0.325 e. The molecule has 0 bridgehead atoms. The molecule has 0 saturated carbocycles. The van der Waals surface area contributed by atoms with Crippen molar-refractivity contribution >= 4 is 63.6 Å². The number of rotatable bonds is 8. The number of carbonyl (C=O) groups excluding carboxylic acids is 2. The minimum atomic E-state index is -0.521. The van der Waals surface area contributed by atoms with Crippen molar-refractivity contribution in [3.8, 4) is 17.2 Å². The molecule has 2 aromatic carbocycles. The molecule has 1 fully saturated rings. The largest absolute Gasteiger partial charge is 0.497 e. The first-order valence-electron chi connectivity index (χ1n) is 9.93. The molecule has 0 N–H and O–H groups in total. The molecule has 1 heterocycles. The van der Waals surface area contributed by atoms with Crippen LogP contribution in [0.1, 0.15) is 12.5 Å². The Hall–Kier alpha value is -2.86. The summed E-state index contributed by atoms with van der Waals surface area (Å²) in [5.41, 5.74) is 1.49. The fourth-order valence-corrected chi connectivity index (χ4v) is 4.47. The second-order valence-electron chi connectivity index (χ2n) is 6.78. The molecule has 0 aliphatic carbocycles. The molecule has 1 aliphatic rings. The fourth-order valence-electron chi connectivity index (χ4n) is 3.28. The van der Waals surface area contributed by atoms with Gasteiger partial charge in [0.05, 0.1) is 37.2 Å². The maximum Gasteiger partial charge on any atom is 0.325 e.